The summed E-state index contributed by atoms with van der Waals surface area (Å²) in [6, 6.07) is 9.06. The third kappa shape index (κ3) is 6.36. The van der Waals surface area contributed by atoms with E-state index in [9.17, 15) is 32.9 Å². The highest BCUT2D eigenvalue weighted by atomic mass is 19.4. The Morgan fingerprint density at radius 3 is 2.47 bits per heavy atom. The van der Waals surface area contributed by atoms with E-state index < -0.39 is 40.1 Å². The minimum Gasteiger partial charge on any atom is -0.484 e. The highest BCUT2D eigenvalue weighted by Gasteiger charge is 2.35. The number of esters is 1. The van der Waals surface area contributed by atoms with Crippen molar-refractivity contribution in [1.29, 1.82) is 0 Å². The van der Waals surface area contributed by atoms with E-state index in [4.69, 9.17) is 15.2 Å². The number of nitrogens with zero attached hydrogens (tertiary/aromatic N) is 2. The number of anilines is 1. The second-order valence-electron chi connectivity index (χ2n) is 7.73. The van der Waals surface area contributed by atoms with E-state index in [1.165, 1.54) is 0 Å². The molecule has 0 spiro atoms. The van der Waals surface area contributed by atoms with Gasteiger partial charge < -0.3 is 20.1 Å². The number of hydrogen-bond donors (Lipinski definition) is 1. The van der Waals surface area contributed by atoms with E-state index in [-0.39, 0.29) is 32.0 Å². The van der Waals surface area contributed by atoms with Crippen LogP contribution in [0.5, 0.6) is 5.75 Å². The topological polar surface area (TPSA) is 125 Å². The van der Waals surface area contributed by atoms with E-state index in [1.807, 2.05) is 0 Å². The van der Waals surface area contributed by atoms with Gasteiger partial charge in [0.2, 0.25) is 0 Å². The highest BCUT2D eigenvalue weighted by Crippen LogP contribution is 2.37. The number of nitro groups is 1. The lowest BCUT2D eigenvalue weighted by Crippen LogP contribution is -2.37. The Hall–Kier alpha value is -3.83. The molecule has 0 aromatic heterocycles. The standard InChI is InChI=1S/C22H22F3N3O6/c23-22(24,25)16-4-5-18(19(11-16)28(31)32)27-8-6-15(7-9-27)21(30)34-12-14-2-1-3-17(10-14)33-13-20(26)29/h1-5,10-11,15H,6-9,12-13H2,(H2,26,29). The zero-order chi connectivity index (χ0) is 24.9. The molecule has 182 valence electrons. The number of nitrogens with two attached hydrogens (primary N) is 1. The maximum absolute atomic E-state index is 12.9. The van der Waals surface area contributed by atoms with Crippen LogP contribution < -0.4 is 15.4 Å². The van der Waals surface area contributed by atoms with Crippen molar-refractivity contribution in [3.05, 3.63) is 63.7 Å². The number of primary amides is 1. The van der Waals surface area contributed by atoms with Gasteiger partial charge in [0.1, 0.15) is 18.0 Å². The number of halogens is 3. The number of rotatable bonds is 8. The molecule has 1 heterocycles. The van der Waals surface area contributed by atoms with Crippen LogP contribution in [0, 0.1) is 16.0 Å². The van der Waals surface area contributed by atoms with Gasteiger partial charge in [-0.3, -0.25) is 19.7 Å². The lowest BCUT2D eigenvalue weighted by atomic mass is 9.96. The molecule has 0 atom stereocenters. The molecule has 0 unspecified atom stereocenters. The number of hydrogen-bond acceptors (Lipinski definition) is 7. The third-order valence-corrected chi connectivity index (χ3v) is 5.33. The molecular weight excluding hydrogens is 459 g/mol. The zero-order valence-electron chi connectivity index (χ0n) is 17.9. The van der Waals surface area contributed by atoms with Gasteiger partial charge in [0.15, 0.2) is 6.61 Å². The molecule has 2 aromatic carbocycles. The van der Waals surface area contributed by atoms with Crippen LogP contribution in [0.15, 0.2) is 42.5 Å². The Balaban J connectivity index is 1.57. The van der Waals surface area contributed by atoms with Crippen molar-refractivity contribution in [2.45, 2.75) is 25.6 Å². The molecule has 1 aliphatic rings. The van der Waals surface area contributed by atoms with Gasteiger partial charge in [-0.25, -0.2) is 0 Å². The molecule has 3 rings (SSSR count). The average Bonchev–Trinajstić information content (AvgIpc) is 2.80. The Kier molecular flexibility index (Phi) is 7.59. The second kappa shape index (κ2) is 10.4. The van der Waals surface area contributed by atoms with Crippen molar-refractivity contribution in [2.75, 3.05) is 24.6 Å². The number of nitro benzene ring substituents is 1. The summed E-state index contributed by atoms with van der Waals surface area (Å²) in [6.07, 6.45) is -4.02. The largest absolute Gasteiger partial charge is 0.484 e. The van der Waals surface area contributed by atoms with Crippen LogP contribution in [0.1, 0.15) is 24.0 Å². The smallest absolute Gasteiger partial charge is 0.416 e. The minimum absolute atomic E-state index is 0.0167. The van der Waals surface area contributed by atoms with Crippen LogP contribution >= 0.6 is 0 Å². The first kappa shape index (κ1) is 24.8. The fourth-order valence-electron chi connectivity index (χ4n) is 3.62. The third-order valence-electron chi connectivity index (χ3n) is 5.33. The summed E-state index contributed by atoms with van der Waals surface area (Å²) in [6.45, 7) is 0.209. The van der Waals surface area contributed by atoms with Crippen LogP contribution in [-0.2, 0) is 27.1 Å². The quantitative estimate of drug-likeness (QED) is 0.348. The average molecular weight is 481 g/mol. The molecule has 0 saturated carbocycles. The first-order valence-electron chi connectivity index (χ1n) is 10.3. The van der Waals surface area contributed by atoms with E-state index >= 15 is 0 Å². The predicted octanol–water partition coefficient (Wildman–Crippen LogP) is 3.44. The highest BCUT2D eigenvalue weighted by molar-refractivity contribution is 5.75. The summed E-state index contributed by atoms with van der Waals surface area (Å²) in [5.41, 5.74) is 4.04. The van der Waals surface area contributed by atoms with Crippen LogP contribution in [0.3, 0.4) is 0 Å². The molecule has 2 N–H and O–H groups in total. The van der Waals surface area contributed by atoms with Gasteiger partial charge in [0.05, 0.1) is 16.4 Å². The maximum atomic E-state index is 12.9. The molecule has 12 heteroatoms. The van der Waals surface area contributed by atoms with Crippen molar-refractivity contribution in [3.8, 4) is 5.75 Å². The molecule has 0 aliphatic carbocycles. The van der Waals surface area contributed by atoms with Gasteiger partial charge in [0.25, 0.3) is 11.6 Å². The first-order valence-corrected chi connectivity index (χ1v) is 10.3. The molecule has 1 saturated heterocycles. The number of ether oxygens (including phenoxy) is 2. The summed E-state index contributed by atoms with van der Waals surface area (Å²) in [4.78, 5) is 35.4. The van der Waals surface area contributed by atoms with Crippen LogP contribution in [0.2, 0.25) is 0 Å². The monoisotopic (exact) mass is 481 g/mol. The first-order chi connectivity index (χ1) is 16.0. The number of benzene rings is 2. The van der Waals surface area contributed by atoms with Gasteiger partial charge in [-0.1, -0.05) is 12.1 Å². The van der Waals surface area contributed by atoms with Crippen molar-refractivity contribution < 1.29 is 37.2 Å². The van der Waals surface area contributed by atoms with Crippen molar-refractivity contribution in [1.82, 2.24) is 0 Å². The SMILES string of the molecule is NC(=O)COc1cccc(COC(=O)C2CCN(c3ccc(C(F)(F)F)cc3[N+](=O)[O-])CC2)c1. The van der Waals surface area contributed by atoms with Gasteiger partial charge in [-0.15, -0.1) is 0 Å². The molecule has 0 radical (unpaired) electrons. The van der Waals surface area contributed by atoms with E-state index in [2.05, 4.69) is 0 Å². The second-order valence-corrected chi connectivity index (χ2v) is 7.73. The Labute approximate surface area is 192 Å². The number of alkyl halides is 3. The fourth-order valence-corrected chi connectivity index (χ4v) is 3.62. The molecule has 34 heavy (non-hydrogen) atoms. The van der Waals surface area contributed by atoms with Crippen molar-refractivity contribution in [2.24, 2.45) is 11.7 Å². The fraction of sp³-hybridized carbons (Fsp3) is 0.364. The molecule has 2 aromatic rings. The van der Waals surface area contributed by atoms with Gasteiger partial charge in [-0.2, -0.15) is 13.2 Å². The Morgan fingerprint density at radius 1 is 1.15 bits per heavy atom. The van der Waals surface area contributed by atoms with Crippen molar-refractivity contribution >= 4 is 23.3 Å². The number of carbonyl (C=O) groups excluding carboxylic acids is 2. The van der Waals surface area contributed by atoms with Crippen molar-refractivity contribution in [3.63, 3.8) is 0 Å². The number of carbonyl (C=O) groups is 2. The summed E-state index contributed by atoms with van der Waals surface area (Å²) in [7, 11) is 0. The number of amides is 1. The van der Waals surface area contributed by atoms with E-state index in [0.717, 1.165) is 12.1 Å². The predicted molar refractivity (Wildman–Crippen MR) is 114 cm³/mol. The lowest BCUT2D eigenvalue weighted by Gasteiger charge is -2.32. The summed E-state index contributed by atoms with van der Waals surface area (Å²) >= 11 is 0. The molecule has 1 amide bonds. The van der Waals surface area contributed by atoms with Crippen LogP contribution in [0.4, 0.5) is 24.5 Å². The summed E-state index contributed by atoms with van der Waals surface area (Å²) in [5.74, 6) is -1.10. The lowest BCUT2D eigenvalue weighted by molar-refractivity contribution is -0.384. The molecule has 1 aliphatic heterocycles. The van der Waals surface area contributed by atoms with Crippen LogP contribution in [-0.4, -0.2) is 36.5 Å². The molecule has 9 nitrogen and oxygen atoms in total. The number of piperidine rings is 1. The summed E-state index contributed by atoms with van der Waals surface area (Å²) < 4.78 is 49.3. The zero-order valence-corrected chi connectivity index (χ0v) is 17.9. The van der Waals surface area contributed by atoms with Gasteiger partial charge >= 0.3 is 12.1 Å². The molecule has 0 bridgehead atoms. The van der Waals surface area contributed by atoms with Crippen LogP contribution in [0.25, 0.3) is 0 Å². The van der Waals surface area contributed by atoms with E-state index in [1.54, 1.807) is 29.2 Å². The van der Waals surface area contributed by atoms with E-state index in [0.29, 0.717) is 30.2 Å². The summed E-state index contributed by atoms with van der Waals surface area (Å²) in [5, 5.41) is 11.3. The van der Waals surface area contributed by atoms with Gasteiger partial charge in [-0.05, 0) is 42.7 Å². The molecule has 1 fully saturated rings. The maximum Gasteiger partial charge on any atom is 0.416 e. The molecular formula is C22H22F3N3O6. The Morgan fingerprint density at radius 2 is 1.85 bits per heavy atom. The normalized spacial score (nSPS) is 14.5. The minimum atomic E-state index is -4.69. The van der Waals surface area contributed by atoms with Gasteiger partial charge in [0, 0.05) is 19.2 Å². The Bertz CT molecular complexity index is 1070.